The number of aryl methyl sites for hydroxylation is 1. The summed E-state index contributed by atoms with van der Waals surface area (Å²) in [4.78, 5) is 10.6. The molecule has 0 aromatic heterocycles. The zero-order valence-electron chi connectivity index (χ0n) is 14.9. The Bertz CT molecular complexity index is 502. The first-order valence-corrected chi connectivity index (χ1v) is 10.2. The summed E-state index contributed by atoms with van der Waals surface area (Å²) in [5, 5.41) is 0. The molecule has 4 heteroatoms. The summed E-state index contributed by atoms with van der Waals surface area (Å²) in [6.45, 7) is 15.2. The van der Waals surface area contributed by atoms with Crippen LogP contribution >= 0.6 is 0 Å². The van der Waals surface area contributed by atoms with Gasteiger partial charge in [0.25, 0.3) is 8.32 Å². The monoisotopic (exact) mass is 324 g/mol. The highest BCUT2D eigenvalue weighted by molar-refractivity contribution is 6.78. The van der Waals surface area contributed by atoms with Crippen molar-refractivity contribution in [3.63, 3.8) is 0 Å². The molecule has 22 heavy (non-hydrogen) atoms. The van der Waals surface area contributed by atoms with Gasteiger partial charge in [0.2, 0.25) is 0 Å². The number of halogens is 1. The van der Waals surface area contributed by atoms with E-state index in [0.717, 1.165) is 11.8 Å². The van der Waals surface area contributed by atoms with Gasteiger partial charge >= 0.3 is 0 Å². The van der Waals surface area contributed by atoms with Crippen LogP contribution in [0.2, 0.25) is 16.6 Å². The maximum Gasteiger partial charge on any atom is 0.258 e. The molecule has 0 N–H and O–H groups in total. The lowest BCUT2D eigenvalue weighted by molar-refractivity contribution is -0.107. The van der Waals surface area contributed by atoms with E-state index in [-0.39, 0.29) is 12.2 Å². The Labute approximate surface area is 135 Å². The fourth-order valence-corrected chi connectivity index (χ4v) is 8.93. The van der Waals surface area contributed by atoms with Gasteiger partial charge in [0.15, 0.2) is 0 Å². The molecule has 0 atom stereocenters. The van der Waals surface area contributed by atoms with Crippen molar-refractivity contribution in [2.24, 2.45) is 0 Å². The van der Waals surface area contributed by atoms with E-state index in [9.17, 15) is 9.18 Å². The molecule has 0 spiro atoms. The molecule has 1 rings (SSSR count). The van der Waals surface area contributed by atoms with E-state index in [1.54, 1.807) is 6.07 Å². The van der Waals surface area contributed by atoms with Crippen molar-refractivity contribution in [1.82, 2.24) is 0 Å². The second-order valence-corrected chi connectivity index (χ2v) is 12.4. The third-order valence-corrected chi connectivity index (χ3v) is 10.6. The molecule has 0 bridgehead atoms. The van der Waals surface area contributed by atoms with Crippen LogP contribution in [0.4, 0.5) is 4.39 Å². The normalized spacial score (nSPS) is 12.3. The van der Waals surface area contributed by atoms with Crippen molar-refractivity contribution in [3.05, 3.63) is 29.1 Å². The molecule has 0 unspecified atom stereocenters. The average molecular weight is 325 g/mol. The predicted octanol–water partition coefficient (Wildman–Crippen LogP) is 5.43. The highest BCUT2D eigenvalue weighted by Crippen LogP contribution is 2.43. The van der Waals surface area contributed by atoms with Crippen molar-refractivity contribution in [1.29, 1.82) is 0 Å². The van der Waals surface area contributed by atoms with Crippen LogP contribution in [0.25, 0.3) is 0 Å². The molecule has 2 nitrogen and oxygen atoms in total. The van der Waals surface area contributed by atoms with E-state index in [1.165, 1.54) is 6.07 Å². The zero-order chi connectivity index (χ0) is 17.1. The largest absolute Gasteiger partial charge is 0.542 e. The van der Waals surface area contributed by atoms with Crippen LogP contribution in [0, 0.1) is 12.7 Å². The van der Waals surface area contributed by atoms with E-state index in [1.807, 2.05) is 6.92 Å². The first kappa shape index (κ1) is 18.9. The minimum atomic E-state index is -2.09. The molecule has 0 heterocycles. The molecule has 0 amide bonds. The lowest BCUT2D eigenvalue weighted by atomic mass is 10.1. The quantitative estimate of drug-likeness (QED) is 0.494. The smallest absolute Gasteiger partial charge is 0.258 e. The Hall–Kier alpha value is -1.16. The van der Waals surface area contributed by atoms with Gasteiger partial charge in [-0.05, 0) is 40.7 Å². The number of carbonyl (C=O) groups is 1. The van der Waals surface area contributed by atoms with Gasteiger partial charge in [-0.2, -0.15) is 0 Å². The summed E-state index contributed by atoms with van der Waals surface area (Å²) >= 11 is 0. The molecule has 1 aromatic rings. The van der Waals surface area contributed by atoms with Crippen LogP contribution < -0.4 is 4.43 Å². The van der Waals surface area contributed by atoms with Gasteiger partial charge in [-0.1, -0.05) is 41.5 Å². The third kappa shape index (κ3) is 3.59. The predicted molar refractivity (Wildman–Crippen MR) is 92.6 cm³/mol. The van der Waals surface area contributed by atoms with Crippen LogP contribution in [0.15, 0.2) is 12.1 Å². The van der Waals surface area contributed by atoms with Gasteiger partial charge in [-0.3, -0.25) is 0 Å². The average Bonchev–Trinajstić information content (AvgIpc) is 2.39. The highest BCUT2D eigenvalue weighted by Gasteiger charge is 2.47. The standard InChI is InChI=1S/C18H29FO2Si/c1-12(2)22(13(3)4,14(5)6)21-18-11-17(19)16(8-9-20)10-15(18)7/h9-14H,8H2,1-7H3. The number of hydrogen-bond acceptors (Lipinski definition) is 2. The lowest BCUT2D eigenvalue weighted by Gasteiger charge is -2.42. The summed E-state index contributed by atoms with van der Waals surface area (Å²) in [5.74, 6) is 0.279. The first-order valence-electron chi connectivity index (χ1n) is 8.08. The Morgan fingerprint density at radius 1 is 1.09 bits per heavy atom. The van der Waals surface area contributed by atoms with Crippen molar-refractivity contribution < 1.29 is 13.6 Å². The van der Waals surface area contributed by atoms with Gasteiger partial charge in [0.1, 0.15) is 17.9 Å². The van der Waals surface area contributed by atoms with E-state index in [4.69, 9.17) is 4.43 Å². The van der Waals surface area contributed by atoms with Gasteiger partial charge in [-0.15, -0.1) is 0 Å². The van der Waals surface area contributed by atoms with Gasteiger partial charge in [0.05, 0.1) is 0 Å². The number of benzene rings is 1. The van der Waals surface area contributed by atoms with Crippen molar-refractivity contribution in [2.45, 2.75) is 71.5 Å². The van der Waals surface area contributed by atoms with Gasteiger partial charge in [-0.25, -0.2) is 4.39 Å². The summed E-state index contributed by atoms with van der Waals surface area (Å²) in [7, 11) is -2.09. The van der Waals surface area contributed by atoms with Crippen LogP contribution in [0.3, 0.4) is 0 Å². The van der Waals surface area contributed by atoms with Crippen molar-refractivity contribution in [3.8, 4) is 5.75 Å². The Morgan fingerprint density at radius 2 is 1.59 bits per heavy atom. The molecule has 0 radical (unpaired) electrons. The minimum Gasteiger partial charge on any atom is -0.542 e. The maximum absolute atomic E-state index is 14.2. The summed E-state index contributed by atoms with van der Waals surface area (Å²) in [6.07, 6.45) is 0.835. The van der Waals surface area contributed by atoms with E-state index < -0.39 is 8.32 Å². The molecule has 124 valence electrons. The maximum atomic E-state index is 14.2. The first-order chi connectivity index (χ1) is 10.2. The van der Waals surface area contributed by atoms with Gasteiger partial charge in [0, 0.05) is 12.5 Å². The molecule has 0 fully saturated rings. The van der Waals surface area contributed by atoms with Crippen LogP contribution in [0.5, 0.6) is 5.75 Å². The number of hydrogen-bond donors (Lipinski definition) is 0. The molecule has 0 aliphatic heterocycles. The van der Waals surface area contributed by atoms with E-state index in [2.05, 4.69) is 41.5 Å². The Kier molecular flexibility index (Phi) is 6.35. The molecule has 1 aromatic carbocycles. The molecule has 0 saturated carbocycles. The molecule has 0 aliphatic carbocycles. The SMILES string of the molecule is Cc1cc(CC=O)c(F)cc1O[Si](C(C)C)(C(C)C)C(C)C. The molecule has 0 saturated heterocycles. The summed E-state index contributed by atoms with van der Waals surface area (Å²) in [6, 6.07) is 3.20. The second kappa shape index (κ2) is 7.40. The van der Waals surface area contributed by atoms with Crippen LogP contribution in [-0.4, -0.2) is 14.6 Å². The Morgan fingerprint density at radius 3 is 2.00 bits per heavy atom. The summed E-state index contributed by atoms with van der Waals surface area (Å²) < 4.78 is 20.7. The molecule has 0 aliphatic rings. The minimum absolute atomic E-state index is 0.105. The second-order valence-electron chi connectivity index (χ2n) is 7.00. The Balaban J connectivity index is 3.30. The lowest BCUT2D eigenvalue weighted by Crippen LogP contribution is -2.50. The third-order valence-electron chi connectivity index (χ3n) is 4.64. The van der Waals surface area contributed by atoms with Crippen molar-refractivity contribution >= 4 is 14.6 Å². The van der Waals surface area contributed by atoms with Crippen LogP contribution in [-0.2, 0) is 11.2 Å². The number of aldehydes is 1. The van der Waals surface area contributed by atoms with Gasteiger partial charge < -0.3 is 9.22 Å². The van der Waals surface area contributed by atoms with E-state index >= 15 is 0 Å². The fraction of sp³-hybridized carbons (Fsp3) is 0.611. The topological polar surface area (TPSA) is 26.3 Å². The molecular formula is C18H29FO2Si. The summed E-state index contributed by atoms with van der Waals surface area (Å²) in [5.41, 5.74) is 2.64. The van der Waals surface area contributed by atoms with E-state index in [0.29, 0.717) is 27.9 Å². The highest BCUT2D eigenvalue weighted by atomic mass is 28.4. The van der Waals surface area contributed by atoms with Crippen molar-refractivity contribution in [2.75, 3.05) is 0 Å². The zero-order valence-corrected chi connectivity index (χ0v) is 15.9. The van der Waals surface area contributed by atoms with Crippen LogP contribution in [0.1, 0.15) is 52.7 Å². The number of carbonyl (C=O) groups excluding carboxylic acids is 1. The fourth-order valence-electron chi connectivity index (χ4n) is 3.62. The number of rotatable bonds is 7. The molecular weight excluding hydrogens is 295 g/mol.